The van der Waals surface area contributed by atoms with Crippen LogP contribution in [0.4, 0.5) is 0 Å². The van der Waals surface area contributed by atoms with Crippen molar-refractivity contribution in [2.75, 3.05) is 0 Å². The molecular formula is C19H30Br2N2NiO2. The predicted octanol–water partition coefficient (Wildman–Crippen LogP) is -1.87. The van der Waals surface area contributed by atoms with Crippen LogP contribution < -0.4 is 34.0 Å². The first-order valence-corrected chi connectivity index (χ1v) is 9.45. The Bertz CT molecular complexity index is 510. The number of ether oxygens (including phenoxy) is 2. The molecule has 4 nitrogen and oxygen atoms in total. The second-order valence-electron chi connectivity index (χ2n) is 8.64. The summed E-state index contributed by atoms with van der Waals surface area (Å²) >= 11 is 0. The molecule has 2 atom stereocenters. The van der Waals surface area contributed by atoms with E-state index in [4.69, 9.17) is 19.5 Å². The fraction of sp³-hybridized carbons (Fsp3) is 0.895. The SMILES string of the molecule is CC(C)[C@H]1N=C(CC2=N[C@H](C(C)C)C3(CCC3)O2)OC12CCC2.[Br-].[Br-].[Ni+2]. The largest absolute Gasteiger partial charge is 2.00 e. The molecule has 2 aliphatic carbocycles. The summed E-state index contributed by atoms with van der Waals surface area (Å²) in [6, 6.07) is 0.624. The van der Waals surface area contributed by atoms with Crippen LogP contribution in [-0.4, -0.2) is 35.1 Å². The predicted molar refractivity (Wildman–Crippen MR) is 92.1 cm³/mol. The van der Waals surface area contributed by atoms with E-state index >= 15 is 0 Å². The van der Waals surface area contributed by atoms with Gasteiger partial charge < -0.3 is 43.4 Å². The van der Waals surface area contributed by atoms with Crippen molar-refractivity contribution < 1.29 is 59.9 Å². The minimum atomic E-state index is -0.00568. The molecule has 0 amide bonds. The van der Waals surface area contributed by atoms with Crippen molar-refractivity contribution in [2.45, 2.75) is 95.9 Å². The van der Waals surface area contributed by atoms with E-state index in [1.54, 1.807) is 0 Å². The van der Waals surface area contributed by atoms with Crippen LogP contribution in [0, 0.1) is 11.8 Å². The van der Waals surface area contributed by atoms with Crippen molar-refractivity contribution in [2.24, 2.45) is 21.8 Å². The topological polar surface area (TPSA) is 43.2 Å². The maximum Gasteiger partial charge on any atom is 2.00 e. The molecule has 2 aliphatic heterocycles. The number of aliphatic imine (C=N–C) groups is 2. The van der Waals surface area contributed by atoms with Crippen LogP contribution in [0.1, 0.15) is 72.6 Å². The van der Waals surface area contributed by atoms with Gasteiger partial charge in [-0.05, 0) is 50.4 Å². The normalized spacial score (nSPS) is 29.5. The van der Waals surface area contributed by atoms with E-state index in [-0.39, 0.29) is 61.7 Å². The van der Waals surface area contributed by atoms with E-state index in [0.29, 0.717) is 30.3 Å². The Hall–Kier alpha value is 0.394. The van der Waals surface area contributed by atoms with E-state index in [1.165, 1.54) is 12.8 Å². The van der Waals surface area contributed by atoms with Gasteiger partial charge in [0.15, 0.2) is 11.8 Å². The summed E-state index contributed by atoms with van der Waals surface area (Å²) in [4.78, 5) is 9.84. The van der Waals surface area contributed by atoms with Crippen LogP contribution in [0.3, 0.4) is 0 Å². The third-order valence-corrected chi connectivity index (χ3v) is 6.25. The minimum absolute atomic E-state index is 0. The maximum absolute atomic E-state index is 6.33. The molecule has 0 aromatic heterocycles. The van der Waals surface area contributed by atoms with Crippen LogP contribution >= 0.6 is 0 Å². The second kappa shape index (κ2) is 8.82. The molecule has 26 heavy (non-hydrogen) atoms. The van der Waals surface area contributed by atoms with Crippen LogP contribution in [0.15, 0.2) is 9.98 Å². The van der Waals surface area contributed by atoms with Crippen molar-refractivity contribution in [3.8, 4) is 0 Å². The molecule has 0 saturated heterocycles. The van der Waals surface area contributed by atoms with Gasteiger partial charge in [0.05, 0.1) is 18.5 Å². The summed E-state index contributed by atoms with van der Waals surface area (Å²) in [5, 5.41) is 0. The van der Waals surface area contributed by atoms with Crippen LogP contribution in [0.2, 0.25) is 0 Å². The Morgan fingerprint density at radius 3 is 1.35 bits per heavy atom. The Kier molecular flexibility index (Phi) is 8.29. The molecule has 0 aromatic rings. The number of hydrogen-bond acceptors (Lipinski definition) is 4. The molecule has 0 unspecified atom stereocenters. The van der Waals surface area contributed by atoms with Gasteiger partial charge in [0.1, 0.15) is 11.2 Å². The van der Waals surface area contributed by atoms with Crippen LogP contribution in [0.5, 0.6) is 0 Å². The summed E-state index contributed by atoms with van der Waals surface area (Å²) in [5.41, 5.74) is -0.0114. The summed E-state index contributed by atoms with van der Waals surface area (Å²) in [5.74, 6) is 2.78. The molecule has 2 fully saturated rings. The molecule has 2 saturated carbocycles. The van der Waals surface area contributed by atoms with Gasteiger partial charge in [0, 0.05) is 0 Å². The van der Waals surface area contributed by atoms with E-state index < -0.39 is 0 Å². The van der Waals surface area contributed by atoms with Gasteiger partial charge in [0.25, 0.3) is 0 Å². The minimum Gasteiger partial charge on any atom is -1.00 e. The summed E-state index contributed by atoms with van der Waals surface area (Å²) in [6.45, 7) is 9.01. The smallest absolute Gasteiger partial charge is 1.00 e. The molecule has 0 radical (unpaired) electrons. The Labute approximate surface area is 188 Å². The summed E-state index contributed by atoms with van der Waals surface area (Å²) < 4.78 is 12.7. The van der Waals surface area contributed by atoms with Crippen molar-refractivity contribution >= 4 is 11.8 Å². The van der Waals surface area contributed by atoms with Gasteiger partial charge >= 0.3 is 16.5 Å². The van der Waals surface area contributed by atoms with Crippen molar-refractivity contribution in [3.05, 3.63) is 0 Å². The van der Waals surface area contributed by atoms with E-state index in [2.05, 4.69) is 27.7 Å². The standard InChI is InChI=1S/C19H30N2O2.2BrH.Ni/c1-12(2)16-18(7-5-8-18)22-14(20-16)11-15-21-17(13(3)4)19(23-15)9-6-10-19;;;/h12-13,16-17H,5-11H2,1-4H3;2*1H;/q;;;+2/p-2/t16-,17-;;;/m1.../s1. The number of nitrogens with zero attached hydrogens (tertiary/aromatic N) is 2. The van der Waals surface area contributed by atoms with E-state index in [9.17, 15) is 0 Å². The molecule has 0 N–H and O–H groups in total. The van der Waals surface area contributed by atoms with Gasteiger partial charge in [-0.2, -0.15) is 0 Å². The van der Waals surface area contributed by atoms with Crippen molar-refractivity contribution in [1.29, 1.82) is 0 Å². The summed E-state index contributed by atoms with van der Waals surface area (Å²) in [6.07, 6.45) is 7.77. The maximum atomic E-state index is 6.33. The molecule has 152 valence electrons. The Balaban J connectivity index is 0.00000113. The molecule has 4 rings (SSSR count). The third kappa shape index (κ3) is 3.92. The average molecular weight is 537 g/mol. The molecule has 0 aromatic carbocycles. The molecule has 7 heteroatoms. The third-order valence-electron chi connectivity index (χ3n) is 6.25. The zero-order valence-corrected chi connectivity index (χ0v) is 20.2. The Morgan fingerprint density at radius 1 is 0.808 bits per heavy atom. The summed E-state index contributed by atoms with van der Waals surface area (Å²) in [7, 11) is 0. The molecule has 2 heterocycles. The first-order valence-electron chi connectivity index (χ1n) is 9.45. The first kappa shape index (κ1) is 24.4. The van der Waals surface area contributed by atoms with Crippen molar-refractivity contribution in [3.63, 3.8) is 0 Å². The number of rotatable bonds is 4. The quantitative estimate of drug-likeness (QED) is 0.396. The zero-order chi connectivity index (χ0) is 16.2. The van der Waals surface area contributed by atoms with Gasteiger partial charge in [0.2, 0.25) is 0 Å². The molecule has 0 bridgehead atoms. The van der Waals surface area contributed by atoms with Crippen LogP contribution in [0.25, 0.3) is 0 Å². The molecule has 2 spiro atoms. The Morgan fingerprint density at radius 2 is 1.15 bits per heavy atom. The number of halogens is 2. The van der Waals surface area contributed by atoms with Crippen LogP contribution in [-0.2, 0) is 26.0 Å². The number of hydrogen-bond donors (Lipinski definition) is 0. The van der Waals surface area contributed by atoms with Crippen molar-refractivity contribution in [1.82, 2.24) is 0 Å². The molecule has 4 aliphatic rings. The van der Waals surface area contributed by atoms with Gasteiger partial charge in [-0.3, -0.25) is 0 Å². The monoisotopic (exact) mass is 534 g/mol. The fourth-order valence-corrected chi connectivity index (χ4v) is 4.84. The van der Waals surface area contributed by atoms with Gasteiger partial charge in [-0.1, -0.05) is 27.7 Å². The van der Waals surface area contributed by atoms with Gasteiger partial charge in [-0.25, -0.2) is 9.98 Å². The van der Waals surface area contributed by atoms with E-state index in [0.717, 1.165) is 37.5 Å². The van der Waals surface area contributed by atoms with Gasteiger partial charge in [-0.15, -0.1) is 0 Å². The first-order chi connectivity index (χ1) is 10.9. The second-order valence-corrected chi connectivity index (χ2v) is 8.64. The molecular weight excluding hydrogens is 507 g/mol. The average Bonchev–Trinajstić information content (AvgIpc) is 2.97. The van der Waals surface area contributed by atoms with E-state index in [1.807, 2.05) is 0 Å². The fourth-order valence-electron chi connectivity index (χ4n) is 4.84. The zero-order valence-electron chi connectivity index (χ0n) is 16.0.